The molecule has 0 fully saturated rings. The molecule has 5 heteroatoms. The van der Waals surface area contributed by atoms with E-state index in [2.05, 4.69) is 0 Å². The molecule has 1 aromatic carbocycles. The van der Waals surface area contributed by atoms with Gasteiger partial charge in [0.05, 0.1) is 14.2 Å². The topological polar surface area (TPSA) is 47.9 Å². The zero-order valence-electron chi connectivity index (χ0n) is 7.48. The van der Waals surface area contributed by atoms with Crippen LogP contribution in [-0.2, 0) is 0 Å². The Morgan fingerprint density at radius 2 is 1.85 bits per heavy atom. The van der Waals surface area contributed by atoms with Crippen LogP contribution in [0, 0.1) is 0 Å². The Hall–Kier alpha value is -1.36. The van der Waals surface area contributed by atoms with Crippen molar-refractivity contribution < 1.29 is 19.2 Å². The third-order valence-corrected chi connectivity index (χ3v) is 1.55. The SMILES string of the molecule is COc1cccc(O[B]O)c1OC. The summed E-state index contributed by atoms with van der Waals surface area (Å²) in [6.07, 6.45) is 0. The number of ether oxygens (including phenoxy) is 2. The standard InChI is InChI=1S/C8H10BO4/c1-11-6-4-3-5-7(13-9-10)8(6)12-2/h3-5,10H,1-2H3. The molecule has 0 bridgehead atoms. The summed E-state index contributed by atoms with van der Waals surface area (Å²) in [6.45, 7) is 0. The van der Waals surface area contributed by atoms with Gasteiger partial charge in [-0.15, -0.1) is 0 Å². The first-order chi connectivity index (χ1) is 6.33. The van der Waals surface area contributed by atoms with Crippen molar-refractivity contribution in [1.82, 2.24) is 0 Å². The van der Waals surface area contributed by atoms with Crippen LogP contribution >= 0.6 is 0 Å². The third-order valence-electron chi connectivity index (χ3n) is 1.55. The highest BCUT2D eigenvalue weighted by molar-refractivity contribution is 6.17. The van der Waals surface area contributed by atoms with Crippen molar-refractivity contribution in [3.63, 3.8) is 0 Å². The second-order valence-corrected chi connectivity index (χ2v) is 2.21. The zero-order valence-corrected chi connectivity index (χ0v) is 7.48. The van der Waals surface area contributed by atoms with Crippen LogP contribution in [0.2, 0.25) is 0 Å². The van der Waals surface area contributed by atoms with Gasteiger partial charge in [-0.2, -0.15) is 0 Å². The van der Waals surface area contributed by atoms with E-state index in [0.29, 0.717) is 24.9 Å². The van der Waals surface area contributed by atoms with Gasteiger partial charge in [-0.3, -0.25) is 0 Å². The maximum atomic E-state index is 8.46. The quantitative estimate of drug-likeness (QED) is 0.691. The van der Waals surface area contributed by atoms with E-state index in [1.54, 1.807) is 18.2 Å². The van der Waals surface area contributed by atoms with Gasteiger partial charge < -0.3 is 19.2 Å². The van der Waals surface area contributed by atoms with Crippen LogP contribution in [-0.4, -0.2) is 26.9 Å². The second kappa shape index (κ2) is 4.62. The van der Waals surface area contributed by atoms with Gasteiger partial charge in [0.25, 0.3) is 0 Å². The Kier molecular flexibility index (Phi) is 3.46. The molecule has 1 rings (SSSR count). The monoisotopic (exact) mass is 181 g/mol. The number of hydrogen-bond donors (Lipinski definition) is 1. The van der Waals surface area contributed by atoms with Crippen molar-refractivity contribution in [3.05, 3.63) is 18.2 Å². The molecule has 4 nitrogen and oxygen atoms in total. The molecule has 0 unspecified atom stereocenters. The molecule has 0 spiro atoms. The van der Waals surface area contributed by atoms with E-state index in [1.165, 1.54) is 14.2 Å². The minimum absolute atomic E-state index is 0.407. The minimum Gasteiger partial charge on any atom is -0.535 e. The van der Waals surface area contributed by atoms with Crippen LogP contribution in [0.1, 0.15) is 0 Å². The second-order valence-electron chi connectivity index (χ2n) is 2.21. The maximum Gasteiger partial charge on any atom is 0.569 e. The van der Waals surface area contributed by atoms with E-state index in [-0.39, 0.29) is 0 Å². The minimum atomic E-state index is 0.407. The van der Waals surface area contributed by atoms with Crippen molar-refractivity contribution in [2.75, 3.05) is 14.2 Å². The Balaban J connectivity index is 3.03. The van der Waals surface area contributed by atoms with E-state index in [4.69, 9.17) is 19.2 Å². The number of hydrogen-bond acceptors (Lipinski definition) is 4. The lowest BCUT2D eigenvalue weighted by Crippen LogP contribution is -2.02. The molecule has 0 saturated heterocycles. The summed E-state index contributed by atoms with van der Waals surface area (Å²) >= 11 is 0. The maximum absolute atomic E-state index is 8.46. The highest BCUT2D eigenvalue weighted by Gasteiger charge is 2.09. The molecule has 0 saturated carbocycles. The molecule has 0 aliphatic heterocycles. The molecule has 0 atom stereocenters. The first-order valence-electron chi connectivity index (χ1n) is 3.67. The molecular weight excluding hydrogens is 171 g/mol. The third kappa shape index (κ3) is 2.06. The van der Waals surface area contributed by atoms with Crippen molar-refractivity contribution in [1.29, 1.82) is 0 Å². The van der Waals surface area contributed by atoms with Crippen LogP contribution < -0.4 is 14.1 Å². The normalized spacial score (nSPS) is 9.15. The molecular formula is C8H10BO4. The molecule has 0 amide bonds. The molecule has 0 aliphatic carbocycles. The lowest BCUT2D eigenvalue weighted by Gasteiger charge is -2.11. The fraction of sp³-hybridized carbons (Fsp3) is 0.250. The number of benzene rings is 1. The summed E-state index contributed by atoms with van der Waals surface area (Å²) in [5.41, 5.74) is 0. The summed E-state index contributed by atoms with van der Waals surface area (Å²) in [5, 5.41) is 8.46. The van der Waals surface area contributed by atoms with Crippen molar-refractivity contribution in [3.8, 4) is 17.2 Å². The lowest BCUT2D eigenvalue weighted by molar-refractivity contribution is 0.339. The summed E-state index contributed by atoms with van der Waals surface area (Å²) in [4.78, 5) is 0. The van der Waals surface area contributed by atoms with Crippen LogP contribution in [0.25, 0.3) is 0 Å². The molecule has 0 aliphatic rings. The summed E-state index contributed by atoms with van der Waals surface area (Å²) < 4.78 is 14.9. The first kappa shape index (κ1) is 9.73. The van der Waals surface area contributed by atoms with Gasteiger partial charge in [-0.05, 0) is 12.1 Å². The van der Waals surface area contributed by atoms with Gasteiger partial charge >= 0.3 is 7.69 Å². The van der Waals surface area contributed by atoms with Gasteiger partial charge in [-0.1, -0.05) is 6.07 Å². The zero-order chi connectivity index (χ0) is 9.68. The van der Waals surface area contributed by atoms with Crippen molar-refractivity contribution in [2.45, 2.75) is 0 Å². The molecule has 69 valence electrons. The Bertz CT molecular complexity index is 277. The Labute approximate surface area is 77.4 Å². The van der Waals surface area contributed by atoms with Gasteiger partial charge in [0.1, 0.15) is 5.75 Å². The molecule has 0 heterocycles. The van der Waals surface area contributed by atoms with Crippen LogP contribution in [0.5, 0.6) is 17.2 Å². The van der Waals surface area contributed by atoms with Crippen molar-refractivity contribution >= 4 is 7.69 Å². The van der Waals surface area contributed by atoms with Gasteiger partial charge in [0.2, 0.25) is 5.75 Å². The predicted molar refractivity (Wildman–Crippen MR) is 48.1 cm³/mol. The predicted octanol–water partition coefficient (Wildman–Crippen LogP) is 0.609. The van der Waals surface area contributed by atoms with E-state index in [1.807, 2.05) is 0 Å². The average Bonchev–Trinajstić information content (AvgIpc) is 2.18. The lowest BCUT2D eigenvalue weighted by atomic mass is 10.2. The summed E-state index contributed by atoms with van der Waals surface area (Å²) in [5.74, 6) is 1.42. The van der Waals surface area contributed by atoms with Crippen LogP contribution in [0.15, 0.2) is 18.2 Å². The highest BCUT2D eigenvalue weighted by Crippen LogP contribution is 2.36. The molecule has 1 N–H and O–H groups in total. The largest absolute Gasteiger partial charge is 0.569 e. The van der Waals surface area contributed by atoms with Crippen LogP contribution in [0.4, 0.5) is 0 Å². The van der Waals surface area contributed by atoms with Gasteiger partial charge in [-0.25, -0.2) is 0 Å². The first-order valence-corrected chi connectivity index (χ1v) is 3.67. The number of rotatable bonds is 4. The van der Waals surface area contributed by atoms with Crippen LogP contribution in [0.3, 0.4) is 0 Å². The Morgan fingerprint density at radius 1 is 1.15 bits per heavy atom. The van der Waals surface area contributed by atoms with E-state index in [0.717, 1.165) is 0 Å². The van der Waals surface area contributed by atoms with Gasteiger partial charge in [0, 0.05) is 0 Å². The number of para-hydroxylation sites is 1. The number of methoxy groups -OCH3 is 2. The highest BCUT2D eigenvalue weighted by atomic mass is 16.5. The van der Waals surface area contributed by atoms with E-state index in [9.17, 15) is 0 Å². The summed E-state index contributed by atoms with van der Waals surface area (Å²) in [7, 11) is 3.63. The fourth-order valence-corrected chi connectivity index (χ4v) is 1.01. The molecule has 1 radical (unpaired) electrons. The Morgan fingerprint density at radius 3 is 2.38 bits per heavy atom. The molecule has 13 heavy (non-hydrogen) atoms. The molecule has 1 aromatic rings. The average molecular weight is 181 g/mol. The summed E-state index contributed by atoms with van der Waals surface area (Å²) in [6, 6.07) is 5.14. The van der Waals surface area contributed by atoms with E-state index >= 15 is 0 Å². The van der Waals surface area contributed by atoms with Crippen molar-refractivity contribution in [2.24, 2.45) is 0 Å². The molecule has 0 aromatic heterocycles. The fourth-order valence-electron chi connectivity index (χ4n) is 1.01. The smallest absolute Gasteiger partial charge is 0.535 e. The van der Waals surface area contributed by atoms with Gasteiger partial charge in [0.15, 0.2) is 5.75 Å². The van der Waals surface area contributed by atoms with E-state index < -0.39 is 0 Å².